The maximum atomic E-state index is 12.0. The van der Waals surface area contributed by atoms with Crippen LogP contribution in [0.5, 0.6) is 5.75 Å². The molecule has 0 saturated carbocycles. The van der Waals surface area contributed by atoms with Gasteiger partial charge in [-0.25, -0.2) is 4.79 Å². The van der Waals surface area contributed by atoms with E-state index < -0.39 is 6.03 Å². The van der Waals surface area contributed by atoms with Crippen LogP contribution < -0.4 is 15.4 Å². The summed E-state index contributed by atoms with van der Waals surface area (Å²) in [5.74, 6) is 0.504. The topological polar surface area (TPSA) is 70.7 Å². The molecule has 1 atom stereocenters. The third-order valence-corrected chi connectivity index (χ3v) is 3.85. The lowest BCUT2D eigenvalue weighted by Gasteiger charge is -2.24. The van der Waals surface area contributed by atoms with Crippen molar-refractivity contribution in [3.63, 3.8) is 0 Å². The number of methoxy groups -OCH3 is 1. The van der Waals surface area contributed by atoms with Crippen molar-refractivity contribution < 1.29 is 14.3 Å². The second kappa shape index (κ2) is 8.33. The summed E-state index contributed by atoms with van der Waals surface area (Å²) in [4.78, 5) is 25.6. The van der Waals surface area contributed by atoms with E-state index in [1.54, 1.807) is 13.2 Å². The van der Waals surface area contributed by atoms with Gasteiger partial charge in [0.1, 0.15) is 5.75 Å². The minimum atomic E-state index is -0.493. The average Bonchev–Trinajstić information content (AvgIpc) is 3.00. The van der Waals surface area contributed by atoms with Gasteiger partial charge in [0.25, 0.3) is 0 Å². The molecule has 2 rings (SSSR count). The molecule has 0 radical (unpaired) electrons. The molecule has 1 aromatic carbocycles. The second-order valence-electron chi connectivity index (χ2n) is 5.45. The van der Waals surface area contributed by atoms with Crippen molar-refractivity contribution in [2.24, 2.45) is 0 Å². The molecular weight excluding hydrogens is 294 g/mol. The number of urea groups is 1. The van der Waals surface area contributed by atoms with E-state index in [1.165, 1.54) is 0 Å². The SMILES string of the molecule is C=CCNC(=O)NC(=O)CN1CCCC1c1cccc(OC)c1. The lowest BCUT2D eigenvalue weighted by atomic mass is 10.0. The van der Waals surface area contributed by atoms with Gasteiger partial charge in [0.2, 0.25) is 5.91 Å². The Bertz CT molecular complexity index is 574. The fourth-order valence-electron chi connectivity index (χ4n) is 2.80. The highest BCUT2D eigenvalue weighted by molar-refractivity contribution is 5.95. The van der Waals surface area contributed by atoms with E-state index >= 15 is 0 Å². The number of hydrogen-bond acceptors (Lipinski definition) is 4. The Hall–Kier alpha value is -2.34. The zero-order valence-electron chi connectivity index (χ0n) is 13.4. The smallest absolute Gasteiger partial charge is 0.321 e. The van der Waals surface area contributed by atoms with Crippen molar-refractivity contribution in [2.75, 3.05) is 26.7 Å². The quantitative estimate of drug-likeness (QED) is 0.786. The summed E-state index contributed by atoms with van der Waals surface area (Å²) < 4.78 is 5.26. The zero-order chi connectivity index (χ0) is 16.7. The first-order valence-electron chi connectivity index (χ1n) is 7.70. The molecule has 0 aliphatic carbocycles. The third-order valence-electron chi connectivity index (χ3n) is 3.85. The standard InChI is InChI=1S/C17H23N3O3/c1-3-9-18-17(22)19-16(21)12-20-10-5-8-15(20)13-6-4-7-14(11-13)23-2/h3-4,6-7,11,15H,1,5,8-10,12H2,2H3,(H2,18,19,21,22). The second-order valence-corrected chi connectivity index (χ2v) is 5.45. The molecule has 1 fully saturated rings. The number of carbonyl (C=O) groups excluding carboxylic acids is 2. The number of nitrogens with one attached hydrogen (secondary N) is 2. The Labute approximate surface area is 136 Å². The molecule has 1 aliphatic heterocycles. The third kappa shape index (κ3) is 4.82. The summed E-state index contributed by atoms with van der Waals surface area (Å²) in [5.41, 5.74) is 1.13. The molecule has 3 amide bonds. The lowest BCUT2D eigenvalue weighted by molar-refractivity contribution is -0.121. The van der Waals surface area contributed by atoms with E-state index in [4.69, 9.17) is 4.74 Å². The first kappa shape index (κ1) is 17.0. The molecule has 6 nitrogen and oxygen atoms in total. The maximum Gasteiger partial charge on any atom is 0.321 e. The van der Waals surface area contributed by atoms with E-state index in [0.717, 1.165) is 30.7 Å². The van der Waals surface area contributed by atoms with Gasteiger partial charge in [-0.15, -0.1) is 6.58 Å². The van der Waals surface area contributed by atoms with Crippen molar-refractivity contribution in [3.8, 4) is 5.75 Å². The van der Waals surface area contributed by atoms with Gasteiger partial charge in [-0.2, -0.15) is 0 Å². The number of amides is 3. The van der Waals surface area contributed by atoms with Crippen LogP contribution in [-0.4, -0.2) is 43.6 Å². The van der Waals surface area contributed by atoms with Gasteiger partial charge in [-0.3, -0.25) is 15.0 Å². The van der Waals surface area contributed by atoms with Crippen LogP contribution in [-0.2, 0) is 4.79 Å². The monoisotopic (exact) mass is 317 g/mol. The number of carbonyl (C=O) groups is 2. The summed E-state index contributed by atoms with van der Waals surface area (Å²) in [6.07, 6.45) is 3.57. The molecule has 23 heavy (non-hydrogen) atoms. The van der Waals surface area contributed by atoms with E-state index in [2.05, 4.69) is 22.1 Å². The molecule has 124 valence electrons. The Morgan fingerprint density at radius 1 is 1.48 bits per heavy atom. The average molecular weight is 317 g/mol. The van der Waals surface area contributed by atoms with Gasteiger partial charge in [0.05, 0.1) is 13.7 Å². The molecule has 6 heteroatoms. The minimum Gasteiger partial charge on any atom is -0.497 e. The van der Waals surface area contributed by atoms with Crippen LogP contribution >= 0.6 is 0 Å². The highest BCUT2D eigenvalue weighted by atomic mass is 16.5. The van der Waals surface area contributed by atoms with E-state index in [1.807, 2.05) is 24.3 Å². The first-order valence-corrected chi connectivity index (χ1v) is 7.70. The van der Waals surface area contributed by atoms with Crippen molar-refractivity contribution >= 4 is 11.9 Å². The van der Waals surface area contributed by atoms with Gasteiger partial charge in [-0.1, -0.05) is 18.2 Å². The Morgan fingerprint density at radius 2 is 2.30 bits per heavy atom. The number of hydrogen-bond donors (Lipinski definition) is 2. The van der Waals surface area contributed by atoms with Crippen LogP contribution in [0.25, 0.3) is 0 Å². The van der Waals surface area contributed by atoms with Crippen molar-refractivity contribution in [3.05, 3.63) is 42.5 Å². The molecule has 2 N–H and O–H groups in total. The molecule has 1 heterocycles. The highest BCUT2D eigenvalue weighted by Gasteiger charge is 2.28. The van der Waals surface area contributed by atoms with Gasteiger partial charge in [0, 0.05) is 12.6 Å². The van der Waals surface area contributed by atoms with E-state index in [0.29, 0.717) is 6.54 Å². The normalized spacial score (nSPS) is 17.5. The molecular formula is C17H23N3O3. The van der Waals surface area contributed by atoms with Crippen LogP contribution in [0.3, 0.4) is 0 Å². The summed E-state index contributed by atoms with van der Waals surface area (Å²) in [5, 5.41) is 4.86. The predicted molar refractivity (Wildman–Crippen MR) is 88.3 cm³/mol. The fourth-order valence-corrected chi connectivity index (χ4v) is 2.80. The zero-order valence-corrected chi connectivity index (χ0v) is 13.4. The highest BCUT2D eigenvalue weighted by Crippen LogP contribution is 2.32. The van der Waals surface area contributed by atoms with Crippen LogP contribution in [0, 0.1) is 0 Å². The molecule has 1 aliphatic rings. The Balaban J connectivity index is 1.94. The number of benzene rings is 1. The van der Waals surface area contributed by atoms with E-state index in [9.17, 15) is 9.59 Å². The first-order chi connectivity index (χ1) is 11.1. The van der Waals surface area contributed by atoms with Gasteiger partial charge in [0.15, 0.2) is 0 Å². The van der Waals surface area contributed by atoms with Crippen LogP contribution in [0.1, 0.15) is 24.4 Å². The summed E-state index contributed by atoms with van der Waals surface area (Å²) in [6.45, 7) is 4.87. The Kier molecular flexibility index (Phi) is 6.17. The van der Waals surface area contributed by atoms with Crippen LogP contribution in [0.2, 0.25) is 0 Å². The summed E-state index contributed by atoms with van der Waals surface area (Å²) >= 11 is 0. The fraction of sp³-hybridized carbons (Fsp3) is 0.412. The van der Waals surface area contributed by atoms with Crippen LogP contribution in [0.4, 0.5) is 4.79 Å². The van der Waals surface area contributed by atoms with Gasteiger partial charge in [-0.05, 0) is 37.1 Å². The molecule has 0 aromatic heterocycles. The summed E-state index contributed by atoms with van der Waals surface area (Å²) in [6, 6.07) is 7.57. The van der Waals surface area contributed by atoms with Gasteiger partial charge >= 0.3 is 6.03 Å². The number of likely N-dealkylation sites (tertiary alicyclic amines) is 1. The number of nitrogens with zero attached hydrogens (tertiary/aromatic N) is 1. The lowest BCUT2D eigenvalue weighted by Crippen LogP contribution is -2.44. The van der Waals surface area contributed by atoms with Crippen LogP contribution in [0.15, 0.2) is 36.9 Å². The minimum absolute atomic E-state index is 0.173. The number of rotatable bonds is 6. The van der Waals surface area contributed by atoms with Gasteiger partial charge < -0.3 is 10.1 Å². The maximum absolute atomic E-state index is 12.0. The molecule has 1 saturated heterocycles. The summed E-state index contributed by atoms with van der Waals surface area (Å²) in [7, 11) is 1.64. The van der Waals surface area contributed by atoms with Crippen molar-refractivity contribution in [1.29, 1.82) is 0 Å². The van der Waals surface area contributed by atoms with E-state index in [-0.39, 0.29) is 18.5 Å². The Morgan fingerprint density at radius 3 is 3.04 bits per heavy atom. The van der Waals surface area contributed by atoms with Crippen molar-refractivity contribution in [1.82, 2.24) is 15.5 Å². The molecule has 1 aromatic rings. The molecule has 1 unspecified atom stereocenters. The largest absolute Gasteiger partial charge is 0.497 e. The number of ether oxygens (including phenoxy) is 1. The van der Waals surface area contributed by atoms with Crippen molar-refractivity contribution in [2.45, 2.75) is 18.9 Å². The molecule has 0 spiro atoms. The number of imide groups is 1. The molecule has 0 bridgehead atoms. The predicted octanol–water partition coefficient (Wildman–Crippen LogP) is 1.84.